The number of piperazine rings is 2. The molecule has 2 fully saturated rings. The number of carbonyl (C=O) groups is 1. The number of hydrogen-bond donors (Lipinski definition) is 0. The third-order valence-corrected chi connectivity index (χ3v) is 8.71. The van der Waals surface area contributed by atoms with Crippen molar-refractivity contribution in [1.29, 1.82) is 0 Å². The molecule has 0 N–H and O–H groups in total. The van der Waals surface area contributed by atoms with E-state index in [9.17, 15) is 4.79 Å². The van der Waals surface area contributed by atoms with E-state index in [4.69, 9.17) is 9.47 Å². The van der Waals surface area contributed by atoms with Gasteiger partial charge in [0, 0.05) is 82.0 Å². The highest BCUT2D eigenvalue weighted by Crippen LogP contribution is 2.31. The molecule has 2 aromatic carbocycles. The summed E-state index contributed by atoms with van der Waals surface area (Å²) in [5.41, 5.74) is 4.30. The van der Waals surface area contributed by atoms with Crippen LogP contribution in [0.15, 0.2) is 42.5 Å². The van der Waals surface area contributed by atoms with Crippen LogP contribution in [0.5, 0.6) is 11.5 Å². The predicted octanol–water partition coefficient (Wildman–Crippen LogP) is 3.60. The molecule has 3 heterocycles. The summed E-state index contributed by atoms with van der Waals surface area (Å²) in [4.78, 5) is 23.4. The van der Waals surface area contributed by atoms with Gasteiger partial charge in [0.25, 0.3) is 5.91 Å². The first-order valence-corrected chi connectivity index (χ1v) is 14.7. The van der Waals surface area contributed by atoms with E-state index in [1.165, 1.54) is 5.56 Å². The lowest BCUT2D eigenvalue weighted by Gasteiger charge is -2.35. The van der Waals surface area contributed by atoms with E-state index in [1.807, 2.05) is 29.2 Å². The van der Waals surface area contributed by atoms with E-state index in [-0.39, 0.29) is 5.91 Å². The predicted molar refractivity (Wildman–Crippen MR) is 161 cm³/mol. The summed E-state index contributed by atoms with van der Waals surface area (Å²) < 4.78 is 13.3. The molecule has 1 aromatic heterocycles. The van der Waals surface area contributed by atoms with Gasteiger partial charge in [-0.15, -0.1) is 0 Å². The standard InChI is InChI=1S/C32H45N5O3/c1-25-31(32(38)36-21-19-35(20-22-36)14-11-26-7-5-8-27(23-26)39-3)29-24-28(40-4)9-10-30(29)37(25)13-6-12-34-17-15-33(2)16-18-34/h5,7-10,23-24H,6,11-22H2,1-4H3. The minimum absolute atomic E-state index is 0.140. The first-order valence-electron chi connectivity index (χ1n) is 14.7. The number of aryl methyl sites for hydroxylation is 1. The molecule has 3 aromatic rings. The van der Waals surface area contributed by atoms with Gasteiger partial charge in [0.15, 0.2) is 0 Å². The molecular formula is C32H45N5O3. The zero-order valence-corrected chi connectivity index (χ0v) is 24.7. The molecule has 0 spiro atoms. The minimum atomic E-state index is 0.140. The molecule has 2 aliphatic heterocycles. The average Bonchev–Trinajstić information content (AvgIpc) is 3.27. The van der Waals surface area contributed by atoms with Crippen LogP contribution in [-0.4, -0.2) is 117 Å². The van der Waals surface area contributed by atoms with Crippen LogP contribution in [-0.2, 0) is 13.0 Å². The van der Waals surface area contributed by atoms with Gasteiger partial charge in [-0.25, -0.2) is 0 Å². The minimum Gasteiger partial charge on any atom is -0.497 e. The Morgan fingerprint density at radius 3 is 2.20 bits per heavy atom. The van der Waals surface area contributed by atoms with Gasteiger partial charge in [0.1, 0.15) is 11.5 Å². The molecule has 0 saturated carbocycles. The molecule has 0 atom stereocenters. The maximum atomic E-state index is 14.0. The summed E-state index contributed by atoms with van der Waals surface area (Å²) in [6.45, 7) is 12.9. The number of carbonyl (C=O) groups excluding carboxylic acids is 1. The number of ether oxygens (including phenoxy) is 2. The second kappa shape index (κ2) is 13.1. The number of likely N-dealkylation sites (N-methyl/N-ethyl adjacent to an activating group) is 1. The topological polar surface area (TPSA) is 53.4 Å². The van der Waals surface area contributed by atoms with Crippen molar-refractivity contribution in [2.45, 2.75) is 26.3 Å². The van der Waals surface area contributed by atoms with Crippen LogP contribution in [0.3, 0.4) is 0 Å². The number of amides is 1. The number of rotatable bonds is 10. The van der Waals surface area contributed by atoms with Gasteiger partial charge >= 0.3 is 0 Å². The van der Waals surface area contributed by atoms with Crippen LogP contribution >= 0.6 is 0 Å². The van der Waals surface area contributed by atoms with Crippen molar-refractivity contribution in [1.82, 2.24) is 24.2 Å². The molecule has 0 bridgehead atoms. The molecule has 2 aliphatic rings. The number of hydrogen-bond acceptors (Lipinski definition) is 6. The van der Waals surface area contributed by atoms with Gasteiger partial charge in [0.05, 0.1) is 19.8 Å². The summed E-state index contributed by atoms with van der Waals surface area (Å²) in [6.07, 6.45) is 2.05. The van der Waals surface area contributed by atoms with E-state index in [0.29, 0.717) is 0 Å². The maximum absolute atomic E-state index is 14.0. The molecule has 2 saturated heterocycles. The van der Waals surface area contributed by atoms with E-state index >= 15 is 0 Å². The third kappa shape index (κ3) is 6.45. The van der Waals surface area contributed by atoms with Gasteiger partial charge in [-0.05, 0) is 69.3 Å². The smallest absolute Gasteiger partial charge is 0.256 e. The molecule has 0 unspecified atom stereocenters. The van der Waals surface area contributed by atoms with Crippen molar-refractivity contribution in [2.75, 3.05) is 86.7 Å². The van der Waals surface area contributed by atoms with Crippen LogP contribution < -0.4 is 9.47 Å². The second-order valence-electron chi connectivity index (χ2n) is 11.2. The maximum Gasteiger partial charge on any atom is 0.256 e. The quantitative estimate of drug-likeness (QED) is 0.387. The fraction of sp³-hybridized carbons (Fsp3) is 0.531. The van der Waals surface area contributed by atoms with Crippen LogP contribution in [0.1, 0.15) is 28.0 Å². The Morgan fingerprint density at radius 2 is 1.48 bits per heavy atom. The van der Waals surface area contributed by atoms with Crippen molar-refractivity contribution < 1.29 is 14.3 Å². The lowest BCUT2D eigenvalue weighted by molar-refractivity contribution is 0.0639. The SMILES string of the molecule is COc1cccc(CCN2CCN(C(=O)c3c(C)n(CCCN4CCN(C)CC4)c4ccc(OC)cc34)CC2)c1. The Labute approximate surface area is 239 Å². The summed E-state index contributed by atoms with van der Waals surface area (Å²) >= 11 is 0. The Balaban J connectivity index is 1.24. The fourth-order valence-electron chi connectivity index (χ4n) is 6.12. The van der Waals surface area contributed by atoms with E-state index in [0.717, 1.165) is 118 Å². The Morgan fingerprint density at radius 1 is 0.800 bits per heavy atom. The molecular weight excluding hydrogens is 502 g/mol. The Bertz CT molecular complexity index is 1290. The first-order chi connectivity index (χ1) is 19.5. The number of nitrogens with zero attached hydrogens (tertiary/aromatic N) is 5. The van der Waals surface area contributed by atoms with Crippen molar-refractivity contribution in [3.8, 4) is 11.5 Å². The summed E-state index contributed by atoms with van der Waals surface area (Å²) in [5, 5.41) is 1.00. The molecule has 216 valence electrons. The Hall–Kier alpha value is -3.07. The lowest BCUT2D eigenvalue weighted by atomic mass is 10.1. The normalized spacial score (nSPS) is 17.4. The van der Waals surface area contributed by atoms with Gasteiger partial charge in [-0.3, -0.25) is 9.69 Å². The average molecular weight is 548 g/mol. The van der Waals surface area contributed by atoms with Crippen molar-refractivity contribution in [3.05, 3.63) is 59.3 Å². The van der Waals surface area contributed by atoms with Crippen LogP contribution in [0.2, 0.25) is 0 Å². The summed E-state index contributed by atoms with van der Waals surface area (Å²) in [6, 6.07) is 14.5. The summed E-state index contributed by atoms with van der Waals surface area (Å²) in [5.74, 6) is 1.83. The molecule has 8 heteroatoms. The van der Waals surface area contributed by atoms with Crippen molar-refractivity contribution in [3.63, 3.8) is 0 Å². The van der Waals surface area contributed by atoms with Crippen LogP contribution in [0.25, 0.3) is 10.9 Å². The Kier molecular flexibility index (Phi) is 9.29. The monoisotopic (exact) mass is 547 g/mol. The zero-order valence-electron chi connectivity index (χ0n) is 24.7. The number of methoxy groups -OCH3 is 2. The molecule has 0 aliphatic carbocycles. The summed E-state index contributed by atoms with van der Waals surface area (Å²) in [7, 11) is 5.59. The molecule has 1 amide bonds. The number of aromatic nitrogens is 1. The van der Waals surface area contributed by atoms with Crippen molar-refractivity contribution in [2.24, 2.45) is 0 Å². The highest BCUT2D eigenvalue weighted by atomic mass is 16.5. The van der Waals surface area contributed by atoms with Crippen LogP contribution in [0, 0.1) is 6.92 Å². The fourth-order valence-corrected chi connectivity index (χ4v) is 6.12. The molecule has 40 heavy (non-hydrogen) atoms. The highest BCUT2D eigenvalue weighted by molar-refractivity contribution is 6.08. The van der Waals surface area contributed by atoms with Gasteiger partial charge in [-0.2, -0.15) is 0 Å². The number of benzene rings is 2. The van der Waals surface area contributed by atoms with Crippen molar-refractivity contribution >= 4 is 16.8 Å². The zero-order chi connectivity index (χ0) is 28.1. The first kappa shape index (κ1) is 28.5. The van der Waals surface area contributed by atoms with E-state index < -0.39 is 0 Å². The second-order valence-corrected chi connectivity index (χ2v) is 11.2. The van der Waals surface area contributed by atoms with E-state index in [2.05, 4.69) is 51.4 Å². The van der Waals surface area contributed by atoms with E-state index in [1.54, 1.807) is 14.2 Å². The molecule has 5 rings (SSSR count). The van der Waals surface area contributed by atoms with Gasteiger partial charge in [0.2, 0.25) is 0 Å². The number of fused-ring (bicyclic) bond motifs is 1. The van der Waals surface area contributed by atoms with Crippen LogP contribution in [0.4, 0.5) is 0 Å². The highest BCUT2D eigenvalue weighted by Gasteiger charge is 2.27. The largest absolute Gasteiger partial charge is 0.497 e. The molecule has 0 radical (unpaired) electrons. The lowest BCUT2D eigenvalue weighted by Crippen LogP contribution is -2.49. The van der Waals surface area contributed by atoms with Gasteiger partial charge in [-0.1, -0.05) is 12.1 Å². The molecule has 8 nitrogen and oxygen atoms in total. The third-order valence-electron chi connectivity index (χ3n) is 8.71. The van der Waals surface area contributed by atoms with Gasteiger partial charge < -0.3 is 28.7 Å².